The minimum absolute atomic E-state index is 0.00223. The Morgan fingerprint density at radius 3 is 2.48 bits per heavy atom. The van der Waals surface area contributed by atoms with E-state index >= 15 is 0 Å². The summed E-state index contributed by atoms with van der Waals surface area (Å²) in [4.78, 5) is 23.6. The summed E-state index contributed by atoms with van der Waals surface area (Å²) in [5, 5.41) is 2.73. The molecule has 1 aliphatic rings. The Balaban J connectivity index is 1.96. The molecule has 0 aliphatic heterocycles. The van der Waals surface area contributed by atoms with Gasteiger partial charge in [-0.3, -0.25) is 9.59 Å². The van der Waals surface area contributed by atoms with Crippen LogP contribution in [-0.2, 0) is 14.8 Å². The molecule has 1 N–H and O–H groups in total. The molecule has 6 nitrogen and oxygen atoms in total. The van der Waals surface area contributed by atoms with E-state index in [0.29, 0.717) is 11.3 Å². The number of carbonyl (C=O) groups is 2. The minimum atomic E-state index is -3.34. The molecule has 0 bridgehead atoms. The van der Waals surface area contributed by atoms with Crippen LogP contribution in [0, 0.1) is 0 Å². The van der Waals surface area contributed by atoms with Crippen LogP contribution < -0.4 is 5.32 Å². The predicted octanol–water partition coefficient (Wildman–Crippen LogP) is 2.81. The zero-order valence-corrected chi connectivity index (χ0v) is 15.6. The van der Waals surface area contributed by atoms with E-state index in [4.69, 9.17) is 0 Å². The van der Waals surface area contributed by atoms with Crippen LogP contribution in [0.3, 0.4) is 0 Å². The van der Waals surface area contributed by atoms with Crippen molar-refractivity contribution in [1.82, 2.24) is 4.31 Å². The van der Waals surface area contributed by atoms with Crippen molar-refractivity contribution in [2.24, 2.45) is 0 Å². The number of ketones is 1. The van der Waals surface area contributed by atoms with Crippen LogP contribution in [-0.4, -0.2) is 43.3 Å². The normalized spacial score (nSPS) is 16.0. The second-order valence-electron chi connectivity index (χ2n) is 6.60. The third kappa shape index (κ3) is 5.93. The predicted molar refractivity (Wildman–Crippen MR) is 98.1 cm³/mol. The largest absolute Gasteiger partial charge is 0.326 e. The maximum atomic E-state index is 12.2. The van der Waals surface area contributed by atoms with Gasteiger partial charge in [-0.05, 0) is 31.9 Å². The molecule has 1 amide bonds. The van der Waals surface area contributed by atoms with Gasteiger partial charge in [0, 0.05) is 30.3 Å². The van der Waals surface area contributed by atoms with E-state index < -0.39 is 10.0 Å². The average Bonchev–Trinajstić information content (AvgIpc) is 2.55. The van der Waals surface area contributed by atoms with Crippen LogP contribution in [0.1, 0.15) is 55.8 Å². The lowest BCUT2D eigenvalue weighted by Gasteiger charge is -2.32. The number of carbonyl (C=O) groups excluding carboxylic acids is 2. The van der Waals surface area contributed by atoms with Crippen molar-refractivity contribution in [2.45, 2.75) is 51.5 Å². The molecule has 1 aromatic carbocycles. The Morgan fingerprint density at radius 2 is 1.88 bits per heavy atom. The van der Waals surface area contributed by atoms with Gasteiger partial charge in [-0.2, -0.15) is 4.31 Å². The fraction of sp³-hybridized carbons (Fsp3) is 0.556. The van der Waals surface area contributed by atoms with Crippen molar-refractivity contribution in [3.63, 3.8) is 0 Å². The summed E-state index contributed by atoms with van der Waals surface area (Å²) in [5.74, 6) is -0.332. The second-order valence-corrected chi connectivity index (χ2v) is 8.54. The lowest BCUT2D eigenvalue weighted by molar-refractivity contribution is -0.116. The summed E-state index contributed by atoms with van der Waals surface area (Å²) < 4.78 is 25.6. The van der Waals surface area contributed by atoms with E-state index in [0.717, 1.165) is 32.1 Å². The van der Waals surface area contributed by atoms with E-state index in [-0.39, 0.29) is 30.7 Å². The summed E-state index contributed by atoms with van der Waals surface area (Å²) in [6.07, 6.45) is 6.21. The molecular formula is C18H26N2O4S. The smallest absolute Gasteiger partial charge is 0.225 e. The van der Waals surface area contributed by atoms with Gasteiger partial charge in [0.1, 0.15) is 0 Å². The topological polar surface area (TPSA) is 83.6 Å². The molecule has 0 unspecified atom stereocenters. The molecule has 1 aliphatic carbocycles. The monoisotopic (exact) mass is 366 g/mol. The van der Waals surface area contributed by atoms with Crippen molar-refractivity contribution in [3.05, 3.63) is 29.8 Å². The number of sulfonamides is 1. The van der Waals surface area contributed by atoms with Gasteiger partial charge >= 0.3 is 0 Å². The first-order valence-corrected chi connectivity index (χ1v) is 10.5. The van der Waals surface area contributed by atoms with E-state index in [9.17, 15) is 18.0 Å². The Kier molecular flexibility index (Phi) is 6.72. The number of hydrogen-bond donors (Lipinski definition) is 1. The van der Waals surface area contributed by atoms with E-state index in [1.165, 1.54) is 17.5 Å². The van der Waals surface area contributed by atoms with Gasteiger partial charge in [-0.15, -0.1) is 0 Å². The van der Waals surface area contributed by atoms with Gasteiger partial charge in [0.05, 0.1) is 6.26 Å². The number of hydrogen-bond acceptors (Lipinski definition) is 4. The highest BCUT2D eigenvalue weighted by Gasteiger charge is 2.28. The summed E-state index contributed by atoms with van der Waals surface area (Å²) in [6.45, 7) is 1.65. The molecule has 1 saturated carbocycles. The van der Waals surface area contributed by atoms with Gasteiger partial charge in [0.15, 0.2) is 5.78 Å². The number of benzene rings is 1. The lowest BCUT2D eigenvalue weighted by Crippen LogP contribution is -2.42. The Bertz CT molecular complexity index is 724. The van der Waals surface area contributed by atoms with Crippen LogP contribution in [0.15, 0.2) is 24.3 Å². The molecule has 0 atom stereocenters. The molecule has 25 heavy (non-hydrogen) atoms. The molecule has 138 valence electrons. The molecule has 7 heteroatoms. The van der Waals surface area contributed by atoms with Crippen molar-refractivity contribution in [3.8, 4) is 0 Å². The van der Waals surface area contributed by atoms with Gasteiger partial charge in [-0.25, -0.2) is 8.42 Å². The maximum Gasteiger partial charge on any atom is 0.225 e. The fourth-order valence-corrected chi connectivity index (χ4v) is 4.41. The fourth-order valence-electron chi connectivity index (χ4n) is 3.24. The number of Topliss-reactive ketones (excluding diaryl/α,β-unsaturated/α-hetero) is 1. The molecule has 0 radical (unpaired) electrons. The maximum absolute atomic E-state index is 12.2. The molecule has 1 aromatic rings. The minimum Gasteiger partial charge on any atom is -0.326 e. The van der Waals surface area contributed by atoms with Crippen LogP contribution in [0.4, 0.5) is 5.69 Å². The Hall–Kier alpha value is -1.73. The van der Waals surface area contributed by atoms with E-state index in [1.54, 1.807) is 24.3 Å². The van der Waals surface area contributed by atoms with Crippen molar-refractivity contribution >= 4 is 27.4 Å². The quantitative estimate of drug-likeness (QED) is 0.752. The summed E-state index contributed by atoms with van der Waals surface area (Å²) >= 11 is 0. The molecule has 2 rings (SSSR count). The number of nitrogens with zero attached hydrogens (tertiary/aromatic N) is 1. The highest BCUT2D eigenvalue weighted by atomic mass is 32.2. The zero-order chi connectivity index (χ0) is 18.4. The lowest BCUT2D eigenvalue weighted by atomic mass is 9.95. The first kappa shape index (κ1) is 19.6. The molecule has 0 saturated heterocycles. The number of amides is 1. The van der Waals surface area contributed by atoms with Crippen LogP contribution >= 0.6 is 0 Å². The first-order chi connectivity index (χ1) is 11.8. The van der Waals surface area contributed by atoms with Gasteiger partial charge in [0.25, 0.3) is 0 Å². The van der Waals surface area contributed by atoms with Gasteiger partial charge in [0.2, 0.25) is 15.9 Å². The van der Waals surface area contributed by atoms with Crippen LogP contribution in [0.5, 0.6) is 0 Å². The summed E-state index contributed by atoms with van der Waals surface area (Å²) in [5.41, 5.74) is 1.07. The standard InChI is InChI=1S/C18H26N2O4S/c1-14(21)15-7-6-8-16(13-15)19-18(22)11-12-20(25(2,23)24)17-9-4-3-5-10-17/h6-8,13,17H,3-5,9-12H2,1-2H3,(H,19,22). The molecule has 0 heterocycles. The van der Waals surface area contributed by atoms with Crippen LogP contribution in [0.25, 0.3) is 0 Å². The SMILES string of the molecule is CC(=O)c1cccc(NC(=O)CCN(C2CCCCC2)S(C)(=O)=O)c1. The number of anilines is 1. The Labute approximate surface area is 149 Å². The first-order valence-electron chi connectivity index (χ1n) is 8.65. The van der Waals surface area contributed by atoms with Gasteiger partial charge in [-0.1, -0.05) is 31.4 Å². The highest BCUT2D eigenvalue weighted by Crippen LogP contribution is 2.24. The number of rotatable bonds is 7. The van der Waals surface area contributed by atoms with Crippen molar-refractivity contribution in [1.29, 1.82) is 0 Å². The zero-order valence-electron chi connectivity index (χ0n) is 14.8. The van der Waals surface area contributed by atoms with E-state index in [2.05, 4.69) is 5.32 Å². The summed E-state index contributed by atoms with van der Waals surface area (Å²) in [6, 6.07) is 6.72. The third-order valence-electron chi connectivity index (χ3n) is 4.52. The van der Waals surface area contributed by atoms with Crippen LogP contribution in [0.2, 0.25) is 0 Å². The van der Waals surface area contributed by atoms with Crippen molar-refractivity contribution in [2.75, 3.05) is 18.1 Å². The second kappa shape index (κ2) is 8.58. The average molecular weight is 366 g/mol. The summed E-state index contributed by atoms with van der Waals surface area (Å²) in [7, 11) is -3.34. The van der Waals surface area contributed by atoms with E-state index in [1.807, 2.05) is 0 Å². The Morgan fingerprint density at radius 1 is 1.20 bits per heavy atom. The van der Waals surface area contributed by atoms with Gasteiger partial charge < -0.3 is 5.32 Å². The highest BCUT2D eigenvalue weighted by molar-refractivity contribution is 7.88. The molecule has 0 spiro atoms. The molecule has 1 fully saturated rings. The molecule has 0 aromatic heterocycles. The third-order valence-corrected chi connectivity index (χ3v) is 5.85. The number of nitrogens with one attached hydrogen (secondary N) is 1. The molecular weight excluding hydrogens is 340 g/mol. The van der Waals surface area contributed by atoms with Crippen molar-refractivity contribution < 1.29 is 18.0 Å².